The summed E-state index contributed by atoms with van der Waals surface area (Å²) in [7, 11) is 0. The molecular weight excluding hydrogens is 369 g/mol. The molecule has 1 fully saturated rings. The molecule has 29 heavy (non-hydrogen) atoms. The van der Waals surface area contributed by atoms with Gasteiger partial charge in [0.05, 0.1) is 24.0 Å². The first kappa shape index (κ1) is 19.6. The van der Waals surface area contributed by atoms with E-state index in [0.717, 1.165) is 55.4 Å². The first-order chi connectivity index (χ1) is 14.1. The number of rotatable bonds is 6. The van der Waals surface area contributed by atoms with Crippen LogP contribution in [0.1, 0.15) is 35.2 Å². The summed E-state index contributed by atoms with van der Waals surface area (Å²) in [5.41, 5.74) is 3.49. The van der Waals surface area contributed by atoms with Crippen LogP contribution in [0.3, 0.4) is 0 Å². The number of hydrogen-bond donors (Lipinski definition) is 1. The second kappa shape index (κ2) is 8.74. The van der Waals surface area contributed by atoms with Crippen LogP contribution in [0.25, 0.3) is 11.0 Å². The molecule has 2 aromatic carbocycles. The standard InChI is InChI=1S/C23H26FN3O2/c24-20-8-5-17(6-9-20)3-4-18-2-1-11-26(15-18)23(29)19-7-10-22-21(14-19)25-16-27(22)12-13-28/h5-10,14,16,18,28H,1-4,11-13,15H2/t18-/m0/s1. The number of nitrogens with zero attached hydrogens (tertiary/aromatic N) is 3. The highest BCUT2D eigenvalue weighted by molar-refractivity contribution is 5.97. The number of benzene rings is 2. The van der Waals surface area contributed by atoms with Crippen molar-refractivity contribution in [3.63, 3.8) is 0 Å². The third kappa shape index (κ3) is 4.48. The molecule has 1 aliphatic heterocycles. The van der Waals surface area contributed by atoms with Crippen molar-refractivity contribution in [2.24, 2.45) is 5.92 Å². The zero-order chi connectivity index (χ0) is 20.2. The van der Waals surface area contributed by atoms with Crippen molar-refractivity contribution in [3.8, 4) is 0 Å². The second-order valence-electron chi connectivity index (χ2n) is 7.79. The third-order valence-corrected chi connectivity index (χ3v) is 5.77. The molecule has 1 aliphatic rings. The van der Waals surface area contributed by atoms with E-state index in [9.17, 15) is 9.18 Å². The SMILES string of the molecule is O=C(c1ccc2c(c1)ncn2CCO)N1CCC[C@@H](CCc2ccc(F)cc2)C1. The maximum absolute atomic E-state index is 13.1. The van der Waals surface area contributed by atoms with E-state index >= 15 is 0 Å². The zero-order valence-corrected chi connectivity index (χ0v) is 16.4. The predicted molar refractivity (Wildman–Crippen MR) is 110 cm³/mol. The van der Waals surface area contributed by atoms with Crippen molar-refractivity contribution in [2.45, 2.75) is 32.2 Å². The van der Waals surface area contributed by atoms with Crippen LogP contribution in [0.5, 0.6) is 0 Å². The van der Waals surface area contributed by atoms with E-state index in [1.807, 2.05) is 39.8 Å². The number of halogens is 1. The van der Waals surface area contributed by atoms with E-state index in [2.05, 4.69) is 4.98 Å². The zero-order valence-electron chi connectivity index (χ0n) is 16.4. The first-order valence-electron chi connectivity index (χ1n) is 10.2. The number of aromatic nitrogens is 2. The Morgan fingerprint density at radius 1 is 1.21 bits per heavy atom. The van der Waals surface area contributed by atoms with Crippen LogP contribution in [0.2, 0.25) is 0 Å². The molecule has 1 N–H and O–H groups in total. The van der Waals surface area contributed by atoms with Crippen LogP contribution < -0.4 is 0 Å². The van der Waals surface area contributed by atoms with Gasteiger partial charge in [-0.25, -0.2) is 9.37 Å². The Bertz CT molecular complexity index is 983. The molecule has 1 aromatic heterocycles. The summed E-state index contributed by atoms with van der Waals surface area (Å²) in [6.45, 7) is 2.09. The fourth-order valence-corrected chi connectivity index (χ4v) is 4.17. The molecule has 0 unspecified atom stereocenters. The number of carbonyl (C=O) groups excluding carboxylic acids is 1. The molecule has 0 aliphatic carbocycles. The van der Waals surface area contributed by atoms with Gasteiger partial charge in [-0.1, -0.05) is 12.1 Å². The summed E-state index contributed by atoms with van der Waals surface area (Å²) in [5.74, 6) is 0.307. The lowest BCUT2D eigenvalue weighted by Crippen LogP contribution is -2.40. The lowest BCUT2D eigenvalue weighted by Gasteiger charge is -2.33. The number of likely N-dealkylation sites (tertiary alicyclic amines) is 1. The van der Waals surface area contributed by atoms with Crippen molar-refractivity contribution in [3.05, 3.63) is 65.7 Å². The Morgan fingerprint density at radius 3 is 2.83 bits per heavy atom. The number of amides is 1. The fourth-order valence-electron chi connectivity index (χ4n) is 4.17. The van der Waals surface area contributed by atoms with E-state index in [1.54, 1.807) is 6.33 Å². The van der Waals surface area contributed by atoms with Crippen LogP contribution in [0.15, 0.2) is 48.8 Å². The molecule has 4 rings (SSSR count). The molecule has 0 bridgehead atoms. The first-order valence-corrected chi connectivity index (χ1v) is 10.2. The molecule has 3 aromatic rings. The topological polar surface area (TPSA) is 58.4 Å². The Hall–Kier alpha value is -2.73. The van der Waals surface area contributed by atoms with Gasteiger partial charge in [-0.05, 0) is 67.5 Å². The summed E-state index contributed by atoms with van der Waals surface area (Å²) in [6.07, 6.45) is 5.73. The van der Waals surface area contributed by atoms with Gasteiger partial charge in [0.25, 0.3) is 5.91 Å². The van der Waals surface area contributed by atoms with Crippen molar-refractivity contribution >= 4 is 16.9 Å². The van der Waals surface area contributed by atoms with Gasteiger partial charge >= 0.3 is 0 Å². The smallest absolute Gasteiger partial charge is 0.253 e. The predicted octanol–water partition coefficient (Wildman–Crippen LogP) is 3.65. The van der Waals surface area contributed by atoms with E-state index < -0.39 is 0 Å². The maximum atomic E-state index is 13.1. The van der Waals surface area contributed by atoms with Crippen molar-refractivity contribution in [1.29, 1.82) is 0 Å². The molecule has 1 saturated heterocycles. The number of carbonyl (C=O) groups is 1. The number of aryl methyl sites for hydroxylation is 1. The largest absolute Gasteiger partial charge is 0.395 e. The van der Waals surface area contributed by atoms with Gasteiger partial charge in [-0.15, -0.1) is 0 Å². The van der Waals surface area contributed by atoms with Gasteiger partial charge in [0.2, 0.25) is 0 Å². The number of aliphatic hydroxyl groups excluding tert-OH is 1. The van der Waals surface area contributed by atoms with E-state index in [4.69, 9.17) is 5.11 Å². The van der Waals surface area contributed by atoms with Gasteiger partial charge in [-0.2, -0.15) is 0 Å². The summed E-state index contributed by atoms with van der Waals surface area (Å²) in [6, 6.07) is 12.3. The average molecular weight is 395 g/mol. The van der Waals surface area contributed by atoms with Gasteiger partial charge in [-0.3, -0.25) is 4.79 Å². The van der Waals surface area contributed by atoms with Crippen molar-refractivity contribution < 1.29 is 14.3 Å². The Labute approximate surface area is 169 Å². The highest BCUT2D eigenvalue weighted by Gasteiger charge is 2.24. The van der Waals surface area contributed by atoms with Gasteiger partial charge in [0.1, 0.15) is 5.82 Å². The van der Waals surface area contributed by atoms with Crippen LogP contribution in [-0.4, -0.2) is 45.2 Å². The number of aliphatic hydroxyl groups is 1. The normalized spacial score (nSPS) is 17.0. The average Bonchev–Trinajstić information content (AvgIpc) is 3.15. The summed E-state index contributed by atoms with van der Waals surface area (Å²) in [4.78, 5) is 19.4. The van der Waals surface area contributed by atoms with Crippen molar-refractivity contribution in [2.75, 3.05) is 19.7 Å². The fraction of sp³-hybridized carbons (Fsp3) is 0.391. The Morgan fingerprint density at radius 2 is 2.03 bits per heavy atom. The van der Waals surface area contributed by atoms with E-state index in [-0.39, 0.29) is 18.3 Å². The van der Waals surface area contributed by atoms with Gasteiger partial charge < -0.3 is 14.6 Å². The van der Waals surface area contributed by atoms with Gasteiger partial charge in [0.15, 0.2) is 0 Å². The van der Waals surface area contributed by atoms with Crippen LogP contribution in [-0.2, 0) is 13.0 Å². The minimum absolute atomic E-state index is 0.0510. The molecule has 0 saturated carbocycles. The molecule has 1 atom stereocenters. The Kier molecular flexibility index (Phi) is 5.90. The molecule has 1 amide bonds. The monoisotopic (exact) mass is 395 g/mol. The second-order valence-corrected chi connectivity index (χ2v) is 7.79. The van der Waals surface area contributed by atoms with Crippen LogP contribution >= 0.6 is 0 Å². The number of piperidine rings is 1. The third-order valence-electron chi connectivity index (χ3n) is 5.77. The molecular formula is C23H26FN3O2. The molecule has 0 radical (unpaired) electrons. The quantitative estimate of drug-likeness (QED) is 0.693. The highest BCUT2D eigenvalue weighted by atomic mass is 19.1. The molecule has 152 valence electrons. The molecule has 0 spiro atoms. The van der Waals surface area contributed by atoms with Crippen molar-refractivity contribution in [1.82, 2.24) is 14.5 Å². The minimum atomic E-state index is -0.207. The number of imidazole rings is 1. The molecule has 2 heterocycles. The number of hydrogen-bond acceptors (Lipinski definition) is 3. The van der Waals surface area contributed by atoms with E-state index in [1.165, 1.54) is 12.1 Å². The maximum Gasteiger partial charge on any atom is 0.253 e. The molecule has 6 heteroatoms. The van der Waals surface area contributed by atoms with E-state index in [0.29, 0.717) is 18.0 Å². The highest BCUT2D eigenvalue weighted by Crippen LogP contribution is 2.24. The minimum Gasteiger partial charge on any atom is -0.395 e. The summed E-state index contributed by atoms with van der Waals surface area (Å²) in [5, 5.41) is 9.14. The van der Waals surface area contributed by atoms with Crippen LogP contribution in [0.4, 0.5) is 4.39 Å². The molecule has 5 nitrogen and oxygen atoms in total. The lowest BCUT2D eigenvalue weighted by molar-refractivity contribution is 0.0668. The Balaban J connectivity index is 1.40. The summed E-state index contributed by atoms with van der Waals surface area (Å²) < 4.78 is 14.9. The lowest BCUT2D eigenvalue weighted by atomic mass is 9.91. The summed E-state index contributed by atoms with van der Waals surface area (Å²) >= 11 is 0. The van der Waals surface area contributed by atoms with Crippen LogP contribution in [0, 0.1) is 11.7 Å². The number of fused-ring (bicyclic) bond motifs is 1. The van der Waals surface area contributed by atoms with Gasteiger partial charge in [0, 0.05) is 25.2 Å².